The Kier molecular flexibility index (Phi) is 5.69. The van der Waals surface area contributed by atoms with E-state index < -0.39 is 11.8 Å². The third kappa shape index (κ3) is 4.49. The van der Waals surface area contributed by atoms with Crippen molar-refractivity contribution in [3.8, 4) is 0 Å². The largest absolute Gasteiger partial charge is 0.504 e. The Morgan fingerprint density at radius 2 is 2.08 bits per heavy atom. The molecule has 0 spiro atoms. The fraction of sp³-hybridized carbons (Fsp3) is 0.500. The van der Waals surface area contributed by atoms with Gasteiger partial charge in [0.1, 0.15) is 0 Å². The minimum absolute atomic E-state index is 0.269. The summed E-state index contributed by atoms with van der Waals surface area (Å²) in [6.45, 7) is 2.12. The van der Waals surface area contributed by atoms with Gasteiger partial charge in [-0.05, 0) is 6.42 Å². The number of carbonyl (C=O) groups excluding carboxylic acids is 2. The average Bonchev–Trinajstić information content (AvgIpc) is 2.10. The molecule has 0 heterocycles. The summed E-state index contributed by atoms with van der Waals surface area (Å²) >= 11 is 0. The van der Waals surface area contributed by atoms with Crippen LogP contribution in [-0.4, -0.2) is 25.5 Å². The molecule has 0 amide bonds. The van der Waals surface area contributed by atoms with Gasteiger partial charge < -0.3 is 9.47 Å². The highest BCUT2D eigenvalue weighted by Crippen LogP contribution is 1.86. The quantitative estimate of drug-likeness (QED) is 0.265. The summed E-state index contributed by atoms with van der Waals surface area (Å²) in [6, 6.07) is 0. The molecule has 12 heavy (non-hydrogen) atoms. The number of hydrogen-bond acceptors (Lipinski definition) is 4. The third-order valence-electron chi connectivity index (χ3n) is 0.994. The second kappa shape index (κ2) is 6.39. The normalized spacial score (nSPS) is 9.83. The van der Waals surface area contributed by atoms with Crippen LogP contribution in [0.3, 0.4) is 0 Å². The maximum absolute atomic E-state index is 10.8. The first-order valence-corrected chi connectivity index (χ1v) is 3.62. The van der Waals surface area contributed by atoms with E-state index in [2.05, 4.69) is 9.47 Å². The lowest BCUT2D eigenvalue weighted by Crippen LogP contribution is -2.15. The van der Waals surface area contributed by atoms with Gasteiger partial charge in [0, 0.05) is 6.08 Å². The van der Waals surface area contributed by atoms with Crippen LogP contribution in [0.2, 0.25) is 0 Å². The molecule has 0 saturated carbocycles. The highest BCUT2D eigenvalue weighted by molar-refractivity contribution is 6.38. The summed E-state index contributed by atoms with van der Waals surface area (Å²) in [5.74, 6) is -1.55. The Morgan fingerprint density at radius 3 is 2.58 bits per heavy atom. The van der Waals surface area contributed by atoms with Gasteiger partial charge in [0.05, 0.1) is 20.0 Å². The van der Waals surface area contributed by atoms with E-state index in [1.54, 1.807) is 0 Å². The van der Waals surface area contributed by atoms with Crippen LogP contribution in [0, 0.1) is 0 Å². The first-order chi connectivity index (χ1) is 5.72. The van der Waals surface area contributed by atoms with Gasteiger partial charge >= 0.3 is 5.97 Å². The monoisotopic (exact) mass is 172 g/mol. The minimum Gasteiger partial charge on any atom is -0.504 e. The van der Waals surface area contributed by atoms with Crippen LogP contribution in [0.4, 0.5) is 0 Å². The molecule has 0 aromatic heterocycles. The lowest BCUT2D eigenvalue weighted by Gasteiger charge is -1.97. The topological polar surface area (TPSA) is 52.6 Å². The predicted molar refractivity (Wildman–Crippen MR) is 42.4 cm³/mol. The molecule has 0 aromatic rings. The number of rotatable bonds is 5. The molecule has 4 heteroatoms. The van der Waals surface area contributed by atoms with Crippen molar-refractivity contribution >= 4 is 11.8 Å². The highest BCUT2D eigenvalue weighted by atomic mass is 16.5. The number of carbonyl (C=O) groups is 2. The Hall–Kier alpha value is -1.32. The molecule has 0 rings (SSSR count). The van der Waals surface area contributed by atoms with Crippen LogP contribution >= 0.6 is 0 Å². The maximum Gasteiger partial charge on any atom is 0.379 e. The van der Waals surface area contributed by atoms with Gasteiger partial charge in [0.25, 0.3) is 5.78 Å². The summed E-state index contributed by atoms with van der Waals surface area (Å²) in [5.41, 5.74) is 0. The minimum atomic E-state index is -0.842. The van der Waals surface area contributed by atoms with E-state index >= 15 is 0 Å². The molecule has 68 valence electrons. The van der Waals surface area contributed by atoms with Crippen molar-refractivity contribution in [2.45, 2.75) is 13.3 Å². The molecule has 0 radical (unpaired) electrons. The van der Waals surface area contributed by atoms with Gasteiger partial charge in [-0.25, -0.2) is 4.79 Å². The maximum atomic E-state index is 10.8. The van der Waals surface area contributed by atoms with Crippen LogP contribution in [0.25, 0.3) is 0 Å². The SMILES string of the molecule is CCCOC(=O)C(=O)C=COC. The lowest BCUT2D eigenvalue weighted by atomic mass is 10.4. The van der Waals surface area contributed by atoms with Crippen molar-refractivity contribution in [2.75, 3.05) is 13.7 Å². The number of esters is 1. The molecule has 4 nitrogen and oxygen atoms in total. The van der Waals surface area contributed by atoms with Crippen LogP contribution < -0.4 is 0 Å². The van der Waals surface area contributed by atoms with Gasteiger partial charge in [-0.15, -0.1) is 0 Å². The van der Waals surface area contributed by atoms with Crippen LogP contribution in [-0.2, 0) is 19.1 Å². The predicted octanol–water partition coefficient (Wildman–Crippen LogP) is 0.669. The third-order valence-corrected chi connectivity index (χ3v) is 0.994. The molecule has 0 aliphatic carbocycles. The van der Waals surface area contributed by atoms with Crippen molar-refractivity contribution in [2.24, 2.45) is 0 Å². The van der Waals surface area contributed by atoms with Crippen LogP contribution in [0.1, 0.15) is 13.3 Å². The zero-order valence-electron chi connectivity index (χ0n) is 7.20. The van der Waals surface area contributed by atoms with Gasteiger partial charge in [-0.1, -0.05) is 6.92 Å². The Balaban J connectivity index is 3.77. The first kappa shape index (κ1) is 10.7. The second-order valence-corrected chi connectivity index (χ2v) is 2.04. The van der Waals surface area contributed by atoms with Gasteiger partial charge in [-0.3, -0.25) is 4.79 Å². The zero-order chi connectivity index (χ0) is 9.40. The molecule has 0 bridgehead atoms. The Bertz CT molecular complexity index is 183. The van der Waals surface area contributed by atoms with E-state index in [0.717, 1.165) is 12.3 Å². The molecule has 0 saturated heterocycles. The van der Waals surface area contributed by atoms with E-state index in [-0.39, 0.29) is 6.61 Å². The lowest BCUT2D eigenvalue weighted by molar-refractivity contribution is -0.151. The molecule has 0 unspecified atom stereocenters. The van der Waals surface area contributed by atoms with E-state index in [0.29, 0.717) is 6.42 Å². The van der Waals surface area contributed by atoms with Gasteiger partial charge in [0.2, 0.25) is 0 Å². The van der Waals surface area contributed by atoms with E-state index in [4.69, 9.17) is 0 Å². The van der Waals surface area contributed by atoms with E-state index in [1.165, 1.54) is 7.11 Å². The van der Waals surface area contributed by atoms with Gasteiger partial charge in [0.15, 0.2) is 0 Å². The summed E-state index contributed by atoms with van der Waals surface area (Å²) in [6.07, 6.45) is 2.86. The first-order valence-electron chi connectivity index (χ1n) is 3.62. The van der Waals surface area contributed by atoms with E-state index in [1.807, 2.05) is 6.92 Å². The molecule has 0 aromatic carbocycles. The van der Waals surface area contributed by atoms with Crippen molar-refractivity contribution in [1.82, 2.24) is 0 Å². The fourth-order valence-corrected chi connectivity index (χ4v) is 0.464. The van der Waals surface area contributed by atoms with Crippen LogP contribution in [0.15, 0.2) is 12.3 Å². The summed E-state index contributed by atoms with van der Waals surface area (Å²) in [4.78, 5) is 21.5. The molecular formula is C8H12O4. The van der Waals surface area contributed by atoms with Crippen molar-refractivity contribution < 1.29 is 19.1 Å². The summed E-state index contributed by atoms with van der Waals surface area (Å²) in [5, 5.41) is 0. The molecular weight excluding hydrogens is 160 g/mol. The zero-order valence-corrected chi connectivity index (χ0v) is 7.20. The molecule has 0 aliphatic rings. The second-order valence-electron chi connectivity index (χ2n) is 2.04. The standard InChI is InChI=1S/C8H12O4/c1-3-5-12-8(10)7(9)4-6-11-2/h4,6H,3,5H2,1-2H3. The van der Waals surface area contributed by atoms with Gasteiger partial charge in [-0.2, -0.15) is 0 Å². The Labute approximate surface area is 71.2 Å². The van der Waals surface area contributed by atoms with Crippen molar-refractivity contribution in [1.29, 1.82) is 0 Å². The molecule has 0 fully saturated rings. The van der Waals surface area contributed by atoms with Crippen molar-refractivity contribution in [3.63, 3.8) is 0 Å². The van der Waals surface area contributed by atoms with Crippen LogP contribution in [0.5, 0.6) is 0 Å². The average molecular weight is 172 g/mol. The number of hydrogen-bond donors (Lipinski definition) is 0. The summed E-state index contributed by atoms with van der Waals surface area (Å²) in [7, 11) is 1.39. The number of ketones is 1. The molecule has 0 aliphatic heterocycles. The Morgan fingerprint density at radius 1 is 1.42 bits per heavy atom. The smallest absolute Gasteiger partial charge is 0.379 e. The van der Waals surface area contributed by atoms with Crippen molar-refractivity contribution in [3.05, 3.63) is 12.3 Å². The fourth-order valence-electron chi connectivity index (χ4n) is 0.464. The van der Waals surface area contributed by atoms with E-state index in [9.17, 15) is 9.59 Å². The number of ether oxygens (including phenoxy) is 2. The number of methoxy groups -OCH3 is 1. The molecule has 0 atom stereocenters. The molecule has 0 N–H and O–H groups in total. The highest BCUT2D eigenvalue weighted by Gasteiger charge is 2.10. The summed E-state index contributed by atoms with van der Waals surface area (Å²) < 4.78 is 9.01.